The fraction of sp³-hybridized carbons (Fsp3) is 0.250. The van der Waals surface area contributed by atoms with Gasteiger partial charge in [0.2, 0.25) is 5.88 Å². The Hall–Kier alpha value is -2.94. The number of allylic oxidation sites excluding steroid dienone is 2. The predicted octanol–water partition coefficient (Wildman–Crippen LogP) is 2.04. The molecule has 3 N–H and O–H groups in total. The largest absolute Gasteiger partial charge is 0.497 e. The van der Waals surface area contributed by atoms with Gasteiger partial charge in [-0.3, -0.25) is 0 Å². The topological polar surface area (TPSA) is 106 Å². The predicted molar refractivity (Wildman–Crippen MR) is 78.6 cm³/mol. The molecule has 0 spiro atoms. The van der Waals surface area contributed by atoms with E-state index in [4.69, 9.17) is 15.2 Å². The van der Waals surface area contributed by atoms with E-state index in [1.165, 1.54) is 14.0 Å². The lowest BCUT2D eigenvalue weighted by Crippen LogP contribution is -2.37. The van der Waals surface area contributed by atoms with E-state index in [1.54, 1.807) is 31.2 Å². The Morgan fingerprint density at radius 1 is 1.41 bits per heavy atom. The zero-order valence-corrected chi connectivity index (χ0v) is 12.5. The number of carboxylic acids is 1. The molecule has 0 aromatic heterocycles. The summed E-state index contributed by atoms with van der Waals surface area (Å²) < 4.78 is 10.3. The molecule has 0 amide bonds. The molecule has 0 aliphatic carbocycles. The fourth-order valence-corrected chi connectivity index (χ4v) is 2.73. The second-order valence-electron chi connectivity index (χ2n) is 5.04. The summed E-state index contributed by atoms with van der Waals surface area (Å²) in [6.45, 7) is 3.17. The Morgan fingerprint density at radius 2 is 2.00 bits per heavy atom. The van der Waals surface area contributed by atoms with Crippen molar-refractivity contribution in [2.75, 3.05) is 7.11 Å². The lowest BCUT2D eigenvalue weighted by atomic mass is 9.69. The van der Waals surface area contributed by atoms with Crippen LogP contribution in [0, 0.1) is 11.3 Å². The van der Waals surface area contributed by atoms with Gasteiger partial charge >= 0.3 is 5.97 Å². The number of methoxy groups -OCH3 is 1. The van der Waals surface area contributed by atoms with Gasteiger partial charge in [0.25, 0.3) is 0 Å². The molecule has 22 heavy (non-hydrogen) atoms. The molecular formula is C16H16N2O4. The Bertz CT molecular complexity index is 726. The number of hydrogen-bond donors (Lipinski definition) is 2. The van der Waals surface area contributed by atoms with E-state index in [0.29, 0.717) is 11.3 Å². The molecule has 0 bridgehead atoms. The summed E-state index contributed by atoms with van der Waals surface area (Å²) in [6.07, 6.45) is 0. The van der Waals surface area contributed by atoms with Gasteiger partial charge in [-0.1, -0.05) is 12.1 Å². The average molecular weight is 300 g/mol. The van der Waals surface area contributed by atoms with Crippen LogP contribution in [0.3, 0.4) is 0 Å². The molecule has 0 radical (unpaired) electrons. The van der Waals surface area contributed by atoms with Crippen LogP contribution in [0.2, 0.25) is 0 Å². The maximum atomic E-state index is 11.7. The monoisotopic (exact) mass is 300 g/mol. The Morgan fingerprint density at radius 3 is 2.45 bits per heavy atom. The molecule has 114 valence electrons. The van der Waals surface area contributed by atoms with Crippen molar-refractivity contribution in [1.82, 2.24) is 0 Å². The van der Waals surface area contributed by atoms with Gasteiger partial charge in [0, 0.05) is 0 Å². The van der Waals surface area contributed by atoms with Crippen LogP contribution in [0.5, 0.6) is 5.75 Å². The van der Waals surface area contributed by atoms with Crippen LogP contribution in [0.1, 0.15) is 19.4 Å². The molecule has 0 saturated carbocycles. The van der Waals surface area contributed by atoms with Crippen molar-refractivity contribution in [2.45, 2.75) is 19.3 Å². The van der Waals surface area contributed by atoms with Crippen LogP contribution in [0.4, 0.5) is 0 Å². The number of benzene rings is 1. The van der Waals surface area contributed by atoms with Crippen LogP contribution >= 0.6 is 0 Å². The number of nitrogens with zero attached hydrogens (tertiary/aromatic N) is 1. The third-order valence-corrected chi connectivity index (χ3v) is 3.85. The van der Waals surface area contributed by atoms with Gasteiger partial charge in [-0.15, -0.1) is 0 Å². The van der Waals surface area contributed by atoms with Gasteiger partial charge in [-0.25, -0.2) is 4.79 Å². The fourth-order valence-electron chi connectivity index (χ4n) is 2.73. The lowest BCUT2D eigenvalue weighted by molar-refractivity contribution is -0.133. The third-order valence-electron chi connectivity index (χ3n) is 3.85. The first-order valence-electron chi connectivity index (χ1n) is 6.53. The van der Waals surface area contributed by atoms with Crippen molar-refractivity contribution in [3.63, 3.8) is 0 Å². The molecule has 6 heteroatoms. The SMILES string of the molecule is COc1ccc(C2(C)C(C#N)=C(N)OC(C)=C2C(=O)O)cc1. The quantitative estimate of drug-likeness (QED) is 0.884. The molecule has 2 rings (SSSR count). The molecular weight excluding hydrogens is 284 g/mol. The third kappa shape index (κ3) is 2.17. The minimum absolute atomic E-state index is 0.0107. The van der Waals surface area contributed by atoms with E-state index in [0.717, 1.165) is 0 Å². The number of carboxylic acid groups (broad SMARTS) is 1. The number of nitriles is 1. The summed E-state index contributed by atoms with van der Waals surface area (Å²) in [5.41, 5.74) is 5.28. The van der Waals surface area contributed by atoms with Gasteiger partial charge < -0.3 is 20.3 Å². The van der Waals surface area contributed by atoms with E-state index < -0.39 is 11.4 Å². The molecule has 1 aliphatic heterocycles. The first-order valence-corrected chi connectivity index (χ1v) is 6.53. The highest BCUT2D eigenvalue weighted by Gasteiger charge is 2.46. The zero-order chi connectivity index (χ0) is 16.5. The lowest BCUT2D eigenvalue weighted by Gasteiger charge is -2.35. The smallest absolute Gasteiger partial charge is 0.336 e. The summed E-state index contributed by atoms with van der Waals surface area (Å²) in [6, 6.07) is 8.81. The highest BCUT2D eigenvalue weighted by molar-refractivity contribution is 5.92. The van der Waals surface area contributed by atoms with Crippen molar-refractivity contribution in [3.05, 3.63) is 52.6 Å². The van der Waals surface area contributed by atoms with Crippen LogP contribution < -0.4 is 10.5 Å². The van der Waals surface area contributed by atoms with Crippen LogP contribution in [-0.4, -0.2) is 18.2 Å². The normalized spacial score (nSPS) is 21.2. The number of ether oxygens (including phenoxy) is 2. The van der Waals surface area contributed by atoms with Crippen LogP contribution in [0.25, 0.3) is 0 Å². The molecule has 0 saturated heterocycles. The highest BCUT2D eigenvalue weighted by Crippen LogP contribution is 2.44. The number of aliphatic carboxylic acids is 1. The van der Waals surface area contributed by atoms with Gasteiger partial charge in [-0.05, 0) is 31.5 Å². The highest BCUT2D eigenvalue weighted by atomic mass is 16.5. The summed E-state index contributed by atoms with van der Waals surface area (Å²) in [7, 11) is 1.54. The number of rotatable bonds is 3. The average Bonchev–Trinajstić information content (AvgIpc) is 2.46. The summed E-state index contributed by atoms with van der Waals surface area (Å²) in [5.74, 6) is -0.436. The number of carbonyl (C=O) groups is 1. The standard InChI is InChI=1S/C16H16N2O4/c1-9-13(15(19)20)16(2,12(8-17)14(18)22-9)10-4-6-11(21-3)7-5-10/h4-7H,18H2,1-3H3,(H,19,20). The van der Waals surface area contributed by atoms with E-state index in [2.05, 4.69) is 0 Å². The van der Waals surface area contributed by atoms with Crippen molar-refractivity contribution < 1.29 is 19.4 Å². The number of nitrogens with two attached hydrogens (primary N) is 1. The maximum Gasteiger partial charge on any atom is 0.336 e. The summed E-state index contributed by atoms with van der Waals surface area (Å²) in [5, 5.41) is 19.0. The molecule has 1 unspecified atom stereocenters. The Kier molecular flexibility index (Phi) is 3.83. The van der Waals surface area contributed by atoms with Crippen molar-refractivity contribution >= 4 is 5.97 Å². The van der Waals surface area contributed by atoms with Crippen LogP contribution in [-0.2, 0) is 14.9 Å². The molecule has 0 fully saturated rings. The van der Waals surface area contributed by atoms with Crippen LogP contribution in [0.15, 0.2) is 47.1 Å². The van der Waals surface area contributed by atoms with Crippen molar-refractivity contribution in [3.8, 4) is 11.8 Å². The Labute approximate surface area is 128 Å². The minimum Gasteiger partial charge on any atom is -0.497 e. The van der Waals surface area contributed by atoms with Gasteiger partial charge in [0.1, 0.15) is 23.2 Å². The van der Waals surface area contributed by atoms with E-state index in [1.807, 2.05) is 6.07 Å². The van der Waals surface area contributed by atoms with Crippen molar-refractivity contribution in [2.24, 2.45) is 5.73 Å². The first kappa shape index (κ1) is 15.4. The molecule has 6 nitrogen and oxygen atoms in total. The summed E-state index contributed by atoms with van der Waals surface area (Å²) >= 11 is 0. The van der Waals surface area contributed by atoms with Crippen molar-refractivity contribution in [1.29, 1.82) is 5.26 Å². The van der Waals surface area contributed by atoms with E-state index in [-0.39, 0.29) is 22.8 Å². The first-order chi connectivity index (χ1) is 10.4. The molecule has 1 aromatic rings. The maximum absolute atomic E-state index is 11.7. The molecule has 1 heterocycles. The van der Waals surface area contributed by atoms with Gasteiger partial charge in [0.15, 0.2) is 0 Å². The van der Waals surface area contributed by atoms with Gasteiger partial charge in [-0.2, -0.15) is 5.26 Å². The zero-order valence-electron chi connectivity index (χ0n) is 12.5. The molecule has 1 aliphatic rings. The molecule has 1 atom stereocenters. The molecule has 1 aromatic carbocycles. The Balaban J connectivity index is 2.74. The number of hydrogen-bond acceptors (Lipinski definition) is 5. The van der Waals surface area contributed by atoms with Gasteiger partial charge in [0.05, 0.1) is 18.1 Å². The van der Waals surface area contributed by atoms with E-state index >= 15 is 0 Å². The second-order valence-corrected chi connectivity index (χ2v) is 5.04. The van der Waals surface area contributed by atoms with E-state index in [9.17, 15) is 15.2 Å². The summed E-state index contributed by atoms with van der Waals surface area (Å²) in [4.78, 5) is 11.7. The second kappa shape index (κ2) is 5.45. The minimum atomic E-state index is -1.20.